The Kier molecular flexibility index (Phi) is 5.54. The Balaban J connectivity index is 1.40. The van der Waals surface area contributed by atoms with Gasteiger partial charge in [0.15, 0.2) is 11.6 Å². The fourth-order valence-electron chi connectivity index (χ4n) is 5.86. The van der Waals surface area contributed by atoms with Crippen molar-refractivity contribution in [2.24, 2.45) is 16.3 Å². The molecule has 0 aromatic heterocycles. The van der Waals surface area contributed by atoms with E-state index in [1.165, 1.54) is 12.1 Å². The summed E-state index contributed by atoms with van der Waals surface area (Å²) < 4.78 is 30.9. The van der Waals surface area contributed by atoms with Gasteiger partial charge < -0.3 is 4.18 Å². The van der Waals surface area contributed by atoms with E-state index in [0.717, 1.165) is 22.4 Å². The van der Waals surface area contributed by atoms with Crippen molar-refractivity contribution >= 4 is 27.4 Å². The van der Waals surface area contributed by atoms with Crippen LogP contribution < -0.4 is 4.18 Å². The molecule has 0 radical (unpaired) electrons. The van der Waals surface area contributed by atoms with Crippen molar-refractivity contribution in [3.63, 3.8) is 0 Å². The van der Waals surface area contributed by atoms with Crippen LogP contribution in [0.3, 0.4) is 0 Å². The molecule has 0 saturated carbocycles. The maximum atomic E-state index is 13.6. The van der Waals surface area contributed by atoms with Gasteiger partial charge in [-0.15, -0.1) is 0 Å². The molecule has 7 heteroatoms. The molecule has 38 heavy (non-hydrogen) atoms. The minimum absolute atomic E-state index is 0.00933. The molecule has 6 nitrogen and oxygen atoms in total. The average molecular weight is 526 g/mol. The van der Waals surface area contributed by atoms with Gasteiger partial charge in [0.05, 0.1) is 11.6 Å². The van der Waals surface area contributed by atoms with Gasteiger partial charge in [-0.2, -0.15) is 8.42 Å². The Bertz CT molecular complexity index is 1660. The summed E-state index contributed by atoms with van der Waals surface area (Å²) in [6, 6.07) is 20.6. The quantitative estimate of drug-likeness (QED) is 0.401. The molecule has 0 bridgehead atoms. The Labute approximate surface area is 222 Å². The van der Waals surface area contributed by atoms with Crippen LogP contribution in [0.5, 0.6) is 5.75 Å². The number of Topliss-reactive ketones (excluding diaryl/α,β-unsaturated/α-hetero) is 2. The third-order valence-electron chi connectivity index (χ3n) is 7.60. The Morgan fingerprint density at radius 2 is 1.50 bits per heavy atom. The predicted molar refractivity (Wildman–Crippen MR) is 144 cm³/mol. The molecular formula is C31H27NO5S. The number of nitrogens with zero attached hydrogens (tertiary/aromatic N) is 1. The minimum atomic E-state index is -4.00. The molecule has 0 amide bonds. The van der Waals surface area contributed by atoms with Gasteiger partial charge >= 0.3 is 10.1 Å². The van der Waals surface area contributed by atoms with Gasteiger partial charge in [-0.25, -0.2) is 0 Å². The molecular weight excluding hydrogens is 498 g/mol. The lowest BCUT2D eigenvalue weighted by Crippen LogP contribution is -2.37. The number of carbonyl (C=O) groups excluding carboxylic acids is 2. The van der Waals surface area contributed by atoms with Gasteiger partial charge in [-0.3, -0.25) is 14.6 Å². The van der Waals surface area contributed by atoms with Crippen LogP contribution in [0, 0.1) is 18.3 Å². The maximum Gasteiger partial charge on any atom is 0.339 e. The summed E-state index contributed by atoms with van der Waals surface area (Å²) >= 11 is 0. The number of ketones is 2. The van der Waals surface area contributed by atoms with Crippen molar-refractivity contribution < 1.29 is 22.2 Å². The van der Waals surface area contributed by atoms with E-state index in [2.05, 4.69) is 13.8 Å². The summed E-state index contributed by atoms with van der Waals surface area (Å²) in [7, 11) is -4.00. The average Bonchev–Trinajstić information content (AvgIpc) is 3.14. The van der Waals surface area contributed by atoms with E-state index in [0.29, 0.717) is 29.7 Å². The molecule has 3 aliphatic rings. The second-order valence-electron chi connectivity index (χ2n) is 11.1. The van der Waals surface area contributed by atoms with Gasteiger partial charge in [0.2, 0.25) is 0 Å². The maximum absolute atomic E-state index is 13.6. The van der Waals surface area contributed by atoms with Crippen molar-refractivity contribution in [2.45, 2.75) is 44.4 Å². The highest BCUT2D eigenvalue weighted by atomic mass is 32.2. The van der Waals surface area contributed by atoms with E-state index in [9.17, 15) is 18.0 Å². The minimum Gasteiger partial charge on any atom is -0.379 e. The molecule has 0 saturated heterocycles. The normalized spacial score (nSPS) is 21.9. The highest BCUT2D eigenvalue weighted by Crippen LogP contribution is 2.51. The van der Waals surface area contributed by atoms with E-state index >= 15 is 0 Å². The van der Waals surface area contributed by atoms with E-state index in [-0.39, 0.29) is 27.6 Å². The zero-order valence-corrected chi connectivity index (χ0v) is 22.2. The van der Waals surface area contributed by atoms with E-state index in [1.807, 2.05) is 31.2 Å². The lowest BCUT2D eigenvalue weighted by atomic mass is 9.66. The number of carbonyl (C=O) groups is 2. The number of aliphatic imine (C=N–C) groups is 1. The second kappa shape index (κ2) is 8.60. The van der Waals surface area contributed by atoms with Crippen LogP contribution in [0.25, 0.3) is 0 Å². The summed E-state index contributed by atoms with van der Waals surface area (Å²) in [6.07, 6.45) is 1.03. The van der Waals surface area contributed by atoms with Crippen molar-refractivity contribution in [3.05, 3.63) is 106 Å². The Hall–Kier alpha value is -3.84. The number of benzene rings is 3. The SMILES string of the molecule is Cc1ccc(S(=O)(=O)Oc2ccc(C3C4=C(CC(C)(C)CC4=O)N=C4c5ccccc5C(=O)C43)cc2)cc1. The molecule has 1 heterocycles. The Morgan fingerprint density at radius 1 is 0.842 bits per heavy atom. The topological polar surface area (TPSA) is 89.9 Å². The zero-order chi connectivity index (χ0) is 26.8. The first-order chi connectivity index (χ1) is 18.0. The van der Waals surface area contributed by atoms with Gasteiger partial charge in [0, 0.05) is 34.7 Å². The van der Waals surface area contributed by atoms with E-state index in [1.54, 1.807) is 36.4 Å². The molecule has 1 aliphatic heterocycles. The zero-order valence-electron chi connectivity index (χ0n) is 21.4. The molecule has 2 aliphatic carbocycles. The molecule has 2 unspecified atom stereocenters. The molecule has 0 N–H and O–H groups in total. The molecule has 3 aromatic carbocycles. The third-order valence-corrected chi connectivity index (χ3v) is 8.86. The number of allylic oxidation sites excluding steroid dienone is 2. The monoisotopic (exact) mass is 525 g/mol. The van der Waals surface area contributed by atoms with Crippen LogP contribution in [-0.2, 0) is 14.9 Å². The lowest BCUT2D eigenvalue weighted by Gasteiger charge is -2.38. The molecule has 2 atom stereocenters. The molecule has 0 spiro atoms. The number of hydrogen-bond acceptors (Lipinski definition) is 6. The molecule has 0 fully saturated rings. The summed E-state index contributed by atoms with van der Waals surface area (Å²) in [5.74, 6) is -0.973. The van der Waals surface area contributed by atoms with Crippen molar-refractivity contribution in [3.8, 4) is 5.75 Å². The first-order valence-corrected chi connectivity index (χ1v) is 14.0. The Morgan fingerprint density at radius 3 is 2.18 bits per heavy atom. The molecule has 3 aromatic rings. The largest absolute Gasteiger partial charge is 0.379 e. The fraction of sp³-hybridized carbons (Fsp3) is 0.258. The molecule has 6 rings (SSSR count). The number of rotatable bonds is 4. The smallest absolute Gasteiger partial charge is 0.339 e. The van der Waals surface area contributed by atoms with Crippen molar-refractivity contribution in [2.75, 3.05) is 0 Å². The highest BCUT2D eigenvalue weighted by Gasteiger charge is 2.50. The van der Waals surface area contributed by atoms with E-state index in [4.69, 9.17) is 9.18 Å². The van der Waals surface area contributed by atoms with Crippen LogP contribution in [0.2, 0.25) is 0 Å². The summed E-state index contributed by atoms with van der Waals surface area (Å²) in [5.41, 5.74) is 4.97. The van der Waals surface area contributed by atoms with Crippen LogP contribution in [0.1, 0.15) is 59.7 Å². The van der Waals surface area contributed by atoms with Gasteiger partial charge in [-0.1, -0.05) is 67.9 Å². The third kappa shape index (κ3) is 4.02. The predicted octanol–water partition coefficient (Wildman–Crippen LogP) is 5.80. The van der Waals surface area contributed by atoms with Gasteiger partial charge in [0.25, 0.3) is 0 Å². The van der Waals surface area contributed by atoms with Crippen LogP contribution in [-0.4, -0.2) is 25.7 Å². The molecule has 192 valence electrons. The number of fused-ring (bicyclic) bond motifs is 3. The second-order valence-corrected chi connectivity index (χ2v) is 12.6. The number of aryl methyl sites for hydroxylation is 1. The highest BCUT2D eigenvalue weighted by molar-refractivity contribution is 7.87. The first-order valence-electron chi connectivity index (χ1n) is 12.6. The standard InChI is InChI=1S/C31H27NO5S/c1-18-8-14-21(15-9-18)38(35,36)37-20-12-10-19(11-13-20)26-27-24(16-31(2,3)17-25(27)33)32-29-22-6-4-5-7-23(22)30(34)28(26)29/h4-15,26,28H,16-17H2,1-3H3. The van der Waals surface area contributed by atoms with Crippen LogP contribution in [0.4, 0.5) is 0 Å². The van der Waals surface area contributed by atoms with Gasteiger partial charge in [-0.05, 0) is 48.6 Å². The summed E-state index contributed by atoms with van der Waals surface area (Å²) in [6.45, 7) is 6.00. The fourth-order valence-corrected chi connectivity index (χ4v) is 6.79. The van der Waals surface area contributed by atoms with Gasteiger partial charge in [0.1, 0.15) is 10.6 Å². The van der Waals surface area contributed by atoms with Crippen molar-refractivity contribution in [1.82, 2.24) is 0 Å². The van der Waals surface area contributed by atoms with E-state index < -0.39 is 22.0 Å². The first kappa shape index (κ1) is 24.5. The summed E-state index contributed by atoms with van der Waals surface area (Å²) in [4.78, 5) is 32.1. The number of hydrogen-bond donors (Lipinski definition) is 0. The van der Waals surface area contributed by atoms with Crippen LogP contribution >= 0.6 is 0 Å². The van der Waals surface area contributed by atoms with Crippen LogP contribution in [0.15, 0.2) is 94.0 Å². The van der Waals surface area contributed by atoms with Crippen molar-refractivity contribution in [1.29, 1.82) is 0 Å². The summed E-state index contributed by atoms with van der Waals surface area (Å²) in [5, 5.41) is 0. The lowest BCUT2D eigenvalue weighted by molar-refractivity contribution is -0.118.